The highest BCUT2D eigenvalue weighted by molar-refractivity contribution is 6.08. The van der Waals surface area contributed by atoms with Crippen molar-refractivity contribution in [1.82, 2.24) is 0 Å². The van der Waals surface area contributed by atoms with E-state index in [4.69, 9.17) is 4.74 Å². The van der Waals surface area contributed by atoms with Gasteiger partial charge in [0.1, 0.15) is 0 Å². The number of aliphatic hydroxyl groups excluding tert-OH is 1. The summed E-state index contributed by atoms with van der Waals surface area (Å²) in [6.45, 7) is 9.32. The summed E-state index contributed by atoms with van der Waals surface area (Å²) < 4.78 is 6.54. The normalized spacial score (nSPS) is 26.1. The number of benzene rings is 2. The number of rotatable bonds is 8. The van der Waals surface area contributed by atoms with E-state index < -0.39 is 17.3 Å². The van der Waals surface area contributed by atoms with Gasteiger partial charge in [0.05, 0.1) is 17.4 Å². The zero-order valence-corrected chi connectivity index (χ0v) is 19.8. The summed E-state index contributed by atoms with van der Waals surface area (Å²) in [6, 6.07) is 14.7. The Bertz CT molecular complexity index is 1080. The van der Waals surface area contributed by atoms with Crippen molar-refractivity contribution >= 4 is 29.4 Å². The quantitative estimate of drug-likeness (QED) is 0.461. The highest BCUT2D eigenvalue weighted by Gasteiger charge is 2.65. The minimum absolute atomic E-state index is 0.121. The Morgan fingerprint density at radius 3 is 2.50 bits per heavy atom. The number of para-hydroxylation sites is 1. The molecule has 4 atom stereocenters. The third-order valence-corrected chi connectivity index (χ3v) is 7.11. The van der Waals surface area contributed by atoms with E-state index in [1.165, 1.54) is 4.90 Å². The van der Waals surface area contributed by atoms with Crippen LogP contribution in [0.4, 0.5) is 17.1 Å². The lowest BCUT2D eigenvalue weighted by Gasteiger charge is -2.34. The summed E-state index contributed by atoms with van der Waals surface area (Å²) in [6.07, 6.45) is 2.19. The molecule has 0 bridgehead atoms. The van der Waals surface area contributed by atoms with Crippen LogP contribution in [0.15, 0.2) is 61.2 Å². The lowest BCUT2D eigenvalue weighted by atomic mass is 9.71. The second-order valence-electron chi connectivity index (χ2n) is 9.59. The molecule has 2 aromatic rings. The predicted molar refractivity (Wildman–Crippen MR) is 131 cm³/mol. The van der Waals surface area contributed by atoms with Gasteiger partial charge in [-0.25, -0.2) is 0 Å². The molecule has 1 spiro atoms. The molecule has 7 heteroatoms. The molecule has 1 saturated heterocycles. The van der Waals surface area contributed by atoms with E-state index in [0.29, 0.717) is 35.6 Å². The van der Waals surface area contributed by atoms with Crippen LogP contribution < -0.4 is 9.80 Å². The number of carbonyl (C=O) groups excluding carboxylic acids is 2. The molecular weight excluding hydrogens is 432 g/mol. The number of hydrogen-bond acceptors (Lipinski definition) is 5. The molecule has 2 aliphatic rings. The van der Waals surface area contributed by atoms with Crippen molar-refractivity contribution < 1.29 is 24.5 Å². The molecule has 2 N–H and O–H groups in total. The maximum Gasteiger partial charge on any atom is 0.264 e. The van der Waals surface area contributed by atoms with Crippen LogP contribution >= 0.6 is 0 Å². The van der Waals surface area contributed by atoms with Crippen molar-refractivity contribution in [2.75, 3.05) is 23.0 Å². The second kappa shape index (κ2) is 8.98. The SMILES string of the molecule is C=CCN1C(=O)[C@@]2(O[C@@H](CCO)[C@H](C(C)(C)O)[C@H]2C)c2cc(N(C=O)c3ccccc3)ccc21. The van der Waals surface area contributed by atoms with Gasteiger partial charge in [0.15, 0.2) is 5.60 Å². The summed E-state index contributed by atoms with van der Waals surface area (Å²) in [7, 11) is 0. The van der Waals surface area contributed by atoms with Gasteiger partial charge in [-0.3, -0.25) is 14.5 Å². The third-order valence-electron chi connectivity index (χ3n) is 7.11. The van der Waals surface area contributed by atoms with Gasteiger partial charge in [0.2, 0.25) is 6.41 Å². The zero-order chi connectivity index (χ0) is 24.7. The molecule has 0 aromatic heterocycles. The average Bonchev–Trinajstić information content (AvgIpc) is 3.23. The number of hydrogen-bond donors (Lipinski definition) is 2. The molecule has 0 saturated carbocycles. The molecule has 2 aromatic carbocycles. The fourth-order valence-electron chi connectivity index (χ4n) is 5.78. The van der Waals surface area contributed by atoms with Gasteiger partial charge < -0.3 is 19.8 Å². The topological polar surface area (TPSA) is 90.3 Å². The van der Waals surface area contributed by atoms with Gasteiger partial charge in [-0.1, -0.05) is 31.2 Å². The predicted octanol–water partition coefficient (Wildman–Crippen LogP) is 3.51. The molecule has 34 heavy (non-hydrogen) atoms. The first-order valence-corrected chi connectivity index (χ1v) is 11.6. The van der Waals surface area contributed by atoms with Crippen LogP contribution in [-0.2, 0) is 19.9 Å². The van der Waals surface area contributed by atoms with Gasteiger partial charge in [-0.15, -0.1) is 6.58 Å². The monoisotopic (exact) mass is 464 g/mol. The van der Waals surface area contributed by atoms with Crippen molar-refractivity contribution in [2.24, 2.45) is 11.8 Å². The molecule has 2 amide bonds. The molecule has 1 fully saturated rings. The lowest BCUT2D eigenvalue weighted by Crippen LogP contribution is -2.46. The highest BCUT2D eigenvalue weighted by atomic mass is 16.5. The fraction of sp³-hybridized carbons (Fsp3) is 0.407. The Morgan fingerprint density at radius 2 is 1.91 bits per heavy atom. The van der Waals surface area contributed by atoms with Gasteiger partial charge >= 0.3 is 0 Å². The fourth-order valence-corrected chi connectivity index (χ4v) is 5.78. The first-order chi connectivity index (χ1) is 16.2. The van der Waals surface area contributed by atoms with E-state index in [1.54, 1.807) is 30.9 Å². The number of carbonyl (C=O) groups is 2. The molecular formula is C27H32N2O5. The number of anilines is 3. The van der Waals surface area contributed by atoms with Crippen LogP contribution in [-0.4, -0.2) is 47.4 Å². The molecule has 0 aliphatic carbocycles. The van der Waals surface area contributed by atoms with Crippen molar-refractivity contribution in [2.45, 2.75) is 44.5 Å². The van der Waals surface area contributed by atoms with E-state index >= 15 is 0 Å². The summed E-state index contributed by atoms with van der Waals surface area (Å²) in [5.41, 5.74) is 0.177. The van der Waals surface area contributed by atoms with Gasteiger partial charge in [0, 0.05) is 41.9 Å². The Balaban J connectivity index is 1.89. The largest absolute Gasteiger partial charge is 0.396 e. The van der Waals surface area contributed by atoms with Gasteiger partial charge in [-0.05, 0) is 50.6 Å². The molecule has 2 aliphatic heterocycles. The number of fused-ring (bicyclic) bond motifs is 2. The van der Waals surface area contributed by atoms with E-state index in [2.05, 4.69) is 6.58 Å². The molecule has 4 rings (SSSR count). The summed E-state index contributed by atoms with van der Waals surface area (Å²) in [4.78, 5) is 29.2. The van der Waals surface area contributed by atoms with E-state index in [-0.39, 0.29) is 24.3 Å². The standard InChI is InChI=1S/C27H32N2O5/c1-5-14-28-22-12-11-20(29(17-31)19-9-7-6-8-10-19)16-21(22)27(25(28)32)18(2)24(26(3,4)33)23(34-27)13-15-30/h5-12,16-18,23-24,30,33H,1,13-15H2,2-4H3/t18-,23+,24-,27+/m1/s1. The number of amides is 2. The maximum atomic E-state index is 14.0. The zero-order valence-electron chi connectivity index (χ0n) is 19.8. The van der Waals surface area contributed by atoms with Crippen LogP contribution in [0.25, 0.3) is 0 Å². The van der Waals surface area contributed by atoms with Crippen LogP contribution in [0.2, 0.25) is 0 Å². The van der Waals surface area contributed by atoms with Crippen molar-refractivity contribution in [1.29, 1.82) is 0 Å². The number of nitrogens with zero attached hydrogens (tertiary/aromatic N) is 2. The second-order valence-corrected chi connectivity index (χ2v) is 9.59. The Morgan fingerprint density at radius 1 is 1.21 bits per heavy atom. The maximum absolute atomic E-state index is 14.0. The molecule has 0 unspecified atom stereocenters. The van der Waals surface area contributed by atoms with E-state index in [0.717, 1.165) is 6.41 Å². The minimum Gasteiger partial charge on any atom is -0.396 e. The van der Waals surface area contributed by atoms with Gasteiger partial charge in [0.25, 0.3) is 5.91 Å². The van der Waals surface area contributed by atoms with Gasteiger partial charge in [-0.2, -0.15) is 0 Å². The van der Waals surface area contributed by atoms with Crippen LogP contribution in [0.3, 0.4) is 0 Å². The van der Waals surface area contributed by atoms with Crippen LogP contribution in [0, 0.1) is 11.8 Å². The first-order valence-electron chi connectivity index (χ1n) is 11.6. The summed E-state index contributed by atoms with van der Waals surface area (Å²) in [5.74, 6) is -0.999. The van der Waals surface area contributed by atoms with Crippen LogP contribution in [0.1, 0.15) is 32.8 Å². The van der Waals surface area contributed by atoms with Crippen molar-refractivity contribution in [3.8, 4) is 0 Å². The highest BCUT2D eigenvalue weighted by Crippen LogP contribution is 2.58. The lowest BCUT2D eigenvalue weighted by molar-refractivity contribution is -0.146. The smallest absolute Gasteiger partial charge is 0.264 e. The van der Waals surface area contributed by atoms with Crippen molar-refractivity contribution in [3.63, 3.8) is 0 Å². The average molecular weight is 465 g/mol. The first kappa shape index (κ1) is 24.1. The Kier molecular flexibility index (Phi) is 6.38. The molecule has 180 valence electrons. The molecule has 0 radical (unpaired) electrons. The van der Waals surface area contributed by atoms with E-state index in [9.17, 15) is 19.8 Å². The van der Waals surface area contributed by atoms with Crippen molar-refractivity contribution in [3.05, 3.63) is 66.7 Å². The summed E-state index contributed by atoms with van der Waals surface area (Å²) >= 11 is 0. The van der Waals surface area contributed by atoms with Crippen LogP contribution in [0.5, 0.6) is 0 Å². The Labute approximate surface area is 200 Å². The molecule has 2 heterocycles. The molecule has 7 nitrogen and oxygen atoms in total. The van der Waals surface area contributed by atoms with E-state index in [1.807, 2.05) is 49.4 Å². The minimum atomic E-state index is -1.34. The number of aliphatic hydroxyl groups is 2. The number of ether oxygens (including phenoxy) is 1. The Hall–Kier alpha value is -3.00. The third kappa shape index (κ3) is 3.64. The summed E-state index contributed by atoms with van der Waals surface area (Å²) in [5, 5.41) is 20.7.